The summed E-state index contributed by atoms with van der Waals surface area (Å²) in [5.41, 5.74) is 0. The highest BCUT2D eigenvalue weighted by Crippen LogP contribution is 2.05. The molecule has 0 atom stereocenters. The molecule has 2 nitrogen and oxygen atoms in total. The van der Waals surface area contributed by atoms with E-state index in [4.69, 9.17) is 0 Å². The summed E-state index contributed by atoms with van der Waals surface area (Å²) in [6.07, 6.45) is 23.9. The van der Waals surface area contributed by atoms with Gasteiger partial charge in [0.1, 0.15) is 12.6 Å². The Morgan fingerprint density at radius 1 is 0.545 bits per heavy atom. The maximum atomic E-state index is 9.85. The first-order valence-electron chi connectivity index (χ1n) is 9.04. The highest BCUT2D eigenvalue weighted by Gasteiger charge is 1.86. The molecular formula is C20H36O2. The van der Waals surface area contributed by atoms with E-state index in [1.54, 1.807) is 12.2 Å². The van der Waals surface area contributed by atoms with E-state index in [-0.39, 0.29) is 0 Å². The number of rotatable bonds is 14. The van der Waals surface area contributed by atoms with Crippen LogP contribution in [0.5, 0.6) is 0 Å². The molecule has 0 aromatic rings. The van der Waals surface area contributed by atoms with Crippen LogP contribution in [0.4, 0.5) is 0 Å². The highest BCUT2D eigenvalue weighted by molar-refractivity contribution is 5.64. The monoisotopic (exact) mass is 308 g/mol. The molecule has 0 aromatic heterocycles. The van der Waals surface area contributed by atoms with Gasteiger partial charge in [0, 0.05) is 0 Å². The quantitative estimate of drug-likeness (QED) is 0.217. The largest absolute Gasteiger partial charge is 0.299 e. The zero-order chi connectivity index (χ0) is 16.7. The van der Waals surface area contributed by atoms with E-state index in [9.17, 15) is 9.59 Å². The Kier molecular flexibility index (Phi) is 26.0. The van der Waals surface area contributed by atoms with Crippen LogP contribution in [0, 0.1) is 0 Å². The minimum Gasteiger partial charge on any atom is -0.299 e. The molecule has 0 N–H and O–H groups in total. The van der Waals surface area contributed by atoms with Crippen molar-refractivity contribution in [2.75, 3.05) is 0 Å². The number of allylic oxidation sites excluding steroid dienone is 4. The lowest BCUT2D eigenvalue weighted by Crippen LogP contribution is -1.75. The number of carbonyl (C=O) groups is 2. The Hall–Kier alpha value is -1.18. The summed E-state index contributed by atoms with van der Waals surface area (Å²) in [5.74, 6) is 0. The normalized spacial score (nSPS) is 10.6. The van der Waals surface area contributed by atoms with Crippen molar-refractivity contribution in [2.24, 2.45) is 0 Å². The van der Waals surface area contributed by atoms with Gasteiger partial charge in [-0.2, -0.15) is 0 Å². The number of unbranched alkanes of at least 4 members (excludes halogenated alkanes) is 10. The molecule has 0 aromatic carbocycles. The van der Waals surface area contributed by atoms with Crippen LogP contribution in [0.15, 0.2) is 24.3 Å². The number of hydrogen-bond donors (Lipinski definition) is 0. The molecule has 0 aliphatic heterocycles. The number of carbonyl (C=O) groups excluding carboxylic acids is 2. The van der Waals surface area contributed by atoms with Gasteiger partial charge in [-0.25, -0.2) is 0 Å². The molecule has 2 heteroatoms. The van der Waals surface area contributed by atoms with E-state index in [0.717, 1.165) is 25.4 Å². The predicted molar refractivity (Wildman–Crippen MR) is 97.2 cm³/mol. The third-order valence-electron chi connectivity index (χ3n) is 3.38. The first-order chi connectivity index (χ1) is 10.8. The maximum absolute atomic E-state index is 9.85. The van der Waals surface area contributed by atoms with Crippen molar-refractivity contribution in [3.05, 3.63) is 24.3 Å². The van der Waals surface area contributed by atoms with Gasteiger partial charge in [-0.05, 0) is 37.8 Å². The Morgan fingerprint density at radius 2 is 0.909 bits per heavy atom. The van der Waals surface area contributed by atoms with Gasteiger partial charge in [0.2, 0.25) is 0 Å². The second-order valence-electron chi connectivity index (χ2n) is 5.53. The molecule has 0 aliphatic carbocycles. The fraction of sp³-hybridized carbons (Fsp3) is 0.700. The van der Waals surface area contributed by atoms with Crippen LogP contribution in [0.25, 0.3) is 0 Å². The Morgan fingerprint density at radius 3 is 1.23 bits per heavy atom. The van der Waals surface area contributed by atoms with Crippen LogP contribution in [0.3, 0.4) is 0 Å². The van der Waals surface area contributed by atoms with Gasteiger partial charge in [0.05, 0.1) is 0 Å². The first kappa shape index (κ1) is 23.1. The molecule has 0 fully saturated rings. The molecule has 0 aliphatic rings. The smallest absolute Gasteiger partial charge is 0.142 e. The zero-order valence-electron chi connectivity index (χ0n) is 14.8. The molecular weight excluding hydrogens is 272 g/mol. The number of aldehydes is 2. The lowest BCUT2D eigenvalue weighted by molar-refractivity contribution is -0.104. The lowest BCUT2D eigenvalue weighted by atomic mass is 10.1. The average Bonchev–Trinajstić information content (AvgIpc) is 2.54. The van der Waals surface area contributed by atoms with E-state index in [1.807, 2.05) is 12.2 Å². The van der Waals surface area contributed by atoms with Crippen molar-refractivity contribution < 1.29 is 9.59 Å². The van der Waals surface area contributed by atoms with Gasteiger partial charge in [-0.1, -0.05) is 77.4 Å². The topological polar surface area (TPSA) is 34.1 Å². The van der Waals surface area contributed by atoms with E-state index in [0.29, 0.717) is 0 Å². The molecule has 0 radical (unpaired) electrons. The molecule has 0 bridgehead atoms. The molecule has 0 heterocycles. The fourth-order valence-corrected chi connectivity index (χ4v) is 2.04. The van der Waals surface area contributed by atoms with Crippen LogP contribution in [-0.4, -0.2) is 12.6 Å². The summed E-state index contributed by atoms with van der Waals surface area (Å²) in [6, 6.07) is 0. The molecule has 128 valence electrons. The summed E-state index contributed by atoms with van der Waals surface area (Å²) in [5, 5.41) is 0. The molecule has 22 heavy (non-hydrogen) atoms. The van der Waals surface area contributed by atoms with Gasteiger partial charge < -0.3 is 0 Å². The van der Waals surface area contributed by atoms with Crippen LogP contribution in [-0.2, 0) is 9.59 Å². The van der Waals surface area contributed by atoms with E-state index < -0.39 is 0 Å². The summed E-state index contributed by atoms with van der Waals surface area (Å²) < 4.78 is 0. The minimum absolute atomic E-state index is 0.839. The van der Waals surface area contributed by atoms with Crippen molar-refractivity contribution in [1.29, 1.82) is 0 Å². The molecule has 0 saturated carbocycles. The predicted octanol–water partition coefficient (Wildman–Crippen LogP) is 6.20. The fourth-order valence-electron chi connectivity index (χ4n) is 2.04. The van der Waals surface area contributed by atoms with Gasteiger partial charge in [-0.15, -0.1) is 0 Å². The lowest BCUT2D eigenvalue weighted by Gasteiger charge is -1.94. The van der Waals surface area contributed by atoms with Crippen molar-refractivity contribution in [2.45, 2.75) is 90.9 Å². The zero-order valence-corrected chi connectivity index (χ0v) is 14.8. The van der Waals surface area contributed by atoms with E-state index in [1.165, 1.54) is 64.2 Å². The molecule has 0 rings (SSSR count). The maximum Gasteiger partial charge on any atom is 0.142 e. The average molecular weight is 309 g/mol. The molecule has 0 spiro atoms. The number of hydrogen-bond acceptors (Lipinski definition) is 2. The summed E-state index contributed by atoms with van der Waals surface area (Å²) in [7, 11) is 0. The summed E-state index contributed by atoms with van der Waals surface area (Å²) in [4.78, 5) is 19.7. The Bertz CT molecular complexity index is 239. The standard InChI is InChI=1S/2C10H18O/c2*1-2-3-4-5-6-7-8-9-10-11/h2*8-10H,2-7H2,1H3. The van der Waals surface area contributed by atoms with Crippen molar-refractivity contribution in [3.8, 4) is 0 Å². The van der Waals surface area contributed by atoms with E-state index >= 15 is 0 Å². The van der Waals surface area contributed by atoms with Gasteiger partial charge in [0.15, 0.2) is 0 Å². The highest BCUT2D eigenvalue weighted by atomic mass is 16.1. The SMILES string of the molecule is CCCCCCCC=CC=O.CCCCCCCC=CC=O. The Balaban J connectivity index is 0. The Labute approximate surface area is 138 Å². The molecule has 0 amide bonds. The third-order valence-corrected chi connectivity index (χ3v) is 3.38. The third kappa shape index (κ3) is 27.2. The minimum atomic E-state index is 0.839. The second kappa shape index (κ2) is 24.8. The van der Waals surface area contributed by atoms with Crippen LogP contribution >= 0.6 is 0 Å². The first-order valence-corrected chi connectivity index (χ1v) is 9.04. The summed E-state index contributed by atoms with van der Waals surface area (Å²) >= 11 is 0. The second-order valence-corrected chi connectivity index (χ2v) is 5.53. The van der Waals surface area contributed by atoms with Gasteiger partial charge in [0.25, 0.3) is 0 Å². The summed E-state index contributed by atoms with van der Waals surface area (Å²) in [6.45, 7) is 4.43. The molecule has 0 unspecified atom stereocenters. The van der Waals surface area contributed by atoms with Crippen LogP contribution in [0.2, 0.25) is 0 Å². The van der Waals surface area contributed by atoms with Crippen molar-refractivity contribution in [3.63, 3.8) is 0 Å². The van der Waals surface area contributed by atoms with Gasteiger partial charge >= 0.3 is 0 Å². The van der Waals surface area contributed by atoms with E-state index in [2.05, 4.69) is 13.8 Å². The van der Waals surface area contributed by atoms with Gasteiger partial charge in [-0.3, -0.25) is 9.59 Å². The van der Waals surface area contributed by atoms with Crippen LogP contribution in [0.1, 0.15) is 90.9 Å². The molecule has 0 saturated heterocycles. The van der Waals surface area contributed by atoms with Crippen LogP contribution < -0.4 is 0 Å². The van der Waals surface area contributed by atoms with Crippen molar-refractivity contribution in [1.82, 2.24) is 0 Å². The van der Waals surface area contributed by atoms with Crippen molar-refractivity contribution >= 4 is 12.6 Å².